The van der Waals surface area contributed by atoms with Gasteiger partial charge in [-0.25, -0.2) is 0 Å². The van der Waals surface area contributed by atoms with Gasteiger partial charge in [0, 0.05) is 12.4 Å². The zero-order valence-electron chi connectivity index (χ0n) is 7.44. The zero-order chi connectivity index (χ0) is 10.2. The van der Waals surface area contributed by atoms with E-state index in [0.717, 1.165) is 12.6 Å². The fourth-order valence-corrected chi connectivity index (χ4v) is 0.835. The van der Waals surface area contributed by atoms with Gasteiger partial charge in [0.15, 0.2) is 12.6 Å². The Bertz CT molecular complexity index is 324. The van der Waals surface area contributed by atoms with E-state index < -0.39 is 0 Å². The Morgan fingerprint density at radius 2 is 1.29 bits per heavy atom. The molecule has 0 spiro atoms. The number of rotatable bonds is 2. The number of hydrogen-bond acceptors (Lipinski definition) is 2. The highest BCUT2D eigenvalue weighted by molar-refractivity contribution is 5.71. The van der Waals surface area contributed by atoms with Crippen molar-refractivity contribution in [3.05, 3.63) is 48.0 Å². The van der Waals surface area contributed by atoms with Gasteiger partial charge in [-0.3, -0.25) is 9.59 Å². The predicted octanol–water partition coefficient (Wildman–Crippen LogP) is 1.65. The number of carbonyl (C=O) groups excluding carboxylic acids is 2. The summed E-state index contributed by atoms with van der Waals surface area (Å²) >= 11 is 0. The van der Waals surface area contributed by atoms with Gasteiger partial charge in [-0.15, -0.1) is 0 Å². The first-order chi connectivity index (χ1) is 6.86. The van der Waals surface area contributed by atoms with Crippen LogP contribution in [-0.2, 0) is 0 Å². The number of aromatic amines is 2. The molecule has 0 bridgehead atoms. The second-order valence-electron chi connectivity index (χ2n) is 2.49. The highest BCUT2D eigenvalue weighted by atomic mass is 16.1. The zero-order valence-corrected chi connectivity index (χ0v) is 7.44. The molecule has 0 amide bonds. The molecule has 2 N–H and O–H groups in total. The van der Waals surface area contributed by atoms with E-state index in [-0.39, 0.29) is 0 Å². The Labute approximate surface area is 81.0 Å². The molecule has 0 unspecified atom stereocenters. The van der Waals surface area contributed by atoms with Crippen molar-refractivity contribution < 1.29 is 9.59 Å². The number of hydrogen-bond donors (Lipinski definition) is 2. The molecule has 14 heavy (non-hydrogen) atoms. The summed E-state index contributed by atoms with van der Waals surface area (Å²) in [6, 6.07) is 6.99. The molecular weight excluding hydrogens is 180 g/mol. The summed E-state index contributed by atoms with van der Waals surface area (Å²) in [5.74, 6) is 0. The molecule has 0 aliphatic heterocycles. The number of carbonyl (C=O) groups is 2. The minimum atomic E-state index is 0.625. The molecule has 0 radical (unpaired) electrons. The lowest BCUT2D eigenvalue weighted by molar-refractivity contribution is 0.111. The molecule has 72 valence electrons. The van der Waals surface area contributed by atoms with Gasteiger partial charge in [0.1, 0.15) is 0 Å². The second-order valence-corrected chi connectivity index (χ2v) is 2.49. The van der Waals surface area contributed by atoms with Crippen molar-refractivity contribution >= 4 is 12.6 Å². The maximum Gasteiger partial charge on any atom is 0.166 e. The number of nitrogens with one attached hydrogen (secondary N) is 2. The smallest absolute Gasteiger partial charge is 0.166 e. The monoisotopic (exact) mass is 190 g/mol. The lowest BCUT2D eigenvalue weighted by Crippen LogP contribution is -1.72. The van der Waals surface area contributed by atoms with E-state index in [1.165, 1.54) is 0 Å². The van der Waals surface area contributed by atoms with Crippen LogP contribution in [0.3, 0.4) is 0 Å². The Hall–Kier alpha value is -2.10. The van der Waals surface area contributed by atoms with Crippen LogP contribution in [0.4, 0.5) is 0 Å². The molecule has 2 aromatic heterocycles. The SMILES string of the molecule is O=Cc1ccc[nH]1.O=Cc1ccc[nH]1. The van der Waals surface area contributed by atoms with Gasteiger partial charge in [0.2, 0.25) is 0 Å². The fraction of sp³-hybridized carbons (Fsp3) is 0. The van der Waals surface area contributed by atoms with E-state index in [4.69, 9.17) is 0 Å². The normalized spacial score (nSPS) is 8.57. The molecular formula is C10H10N2O2. The molecule has 0 fully saturated rings. The summed E-state index contributed by atoms with van der Waals surface area (Å²) in [5.41, 5.74) is 1.25. The first-order valence-electron chi connectivity index (χ1n) is 4.04. The van der Waals surface area contributed by atoms with Crippen molar-refractivity contribution in [1.29, 1.82) is 0 Å². The molecule has 0 saturated heterocycles. The molecule has 0 aliphatic rings. The minimum absolute atomic E-state index is 0.625. The molecule has 2 rings (SSSR count). The van der Waals surface area contributed by atoms with Gasteiger partial charge in [0.05, 0.1) is 11.4 Å². The highest BCUT2D eigenvalue weighted by Gasteiger charge is 1.81. The molecule has 0 aliphatic carbocycles. The van der Waals surface area contributed by atoms with Crippen LogP contribution in [0.2, 0.25) is 0 Å². The van der Waals surface area contributed by atoms with Crippen molar-refractivity contribution in [2.75, 3.05) is 0 Å². The standard InChI is InChI=1S/2C5H5NO/c2*7-4-5-2-1-3-6-5/h2*1-4,6H. The van der Waals surface area contributed by atoms with E-state index in [9.17, 15) is 9.59 Å². The molecule has 4 heteroatoms. The molecule has 2 heterocycles. The van der Waals surface area contributed by atoms with Crippen molar-refractivity contribution in [2.45, 2.75) is 0 Å². The lowest BCUT2D eigenvalue weighted by atomic mass is 10.5. The van der Waals surface area contributed by atoms with Crippen molar-refractivity contribution in [3.63, 3.8) is 0 Å². The van der Waals surface area contributed by atoms with Crippen LogP contribution in [0.15, 0.2) is 36.7 Å². The van der Waals surface area contributed by atoms with E-state index in [1.54, 1.807) is 36.7 Å². The first kappa shape index (κ1) is 9.98. The maximum atomic E-state index is 9.84. The topological polar surface area (TPSA) is 65.7 Å². The largest absolute Gasteiger partial charge is 0.359 e. The molecule has 4 nitrogen and oxygen atoms in total. The summed E-state index contributed by atoms with van der Waals surface area (Å²) in [5, 5.41) is 0. The van der Waals surface area contributed by atoms with Gasteiger partial charge in [0.25, 0.3) is 0 Å². The highest BCUT2D eigenvalue weighted by Crippen LogP contribution is 1.86. The summed E-state index contributed by atoms with van der Waals surface area (Å²) in [6.45, 7) is 0. The van der Waals surface area contributed by atoms with E-state index in [0.29, 0.717) is 11.4 Å². The third kappa shape index (κ3) is 3.10. The molecule has 0 aromatic carbocycles. The van der Waals surface area contributed by atoms with E-state index in [2.05, 4.69) is 9.97 Å². The Morgan fingerprint density at radius 1 is 0.857 bits per heavy atom. The predicted molar refractivity (Wildman–Crippen MR) is 52.4 cm³/mol. The number of aromatic nitrogens is 2. The van der Waals surface area contributed by atoms with Crippen LogP contribution >= 0.6 is 0 Å². The van der Waals surface area contributed by atoms with Crippen LogP contribution in [0.5, 0.6) is 0 Å². The van der Waals surface area contributed by atoms with Gasteiger partial charge in [-0.05, 0) is 24.3 Å². The van der Waals surface area contributed by atoms with Crippen LogP contribution in [0.1, 0.15) is 21.0 Å². The van der Waals surface area contributed by atoms with E-state index >= 15 is 0 Å². The average Bonchev–Trinajstić information content (AvgIpc) is 2.92. The molecule has 0 saturated carbocycles. The second kappa shape index (κ2) is 5.53. The third-order valence-electron chi connectivity index (χ3n) is 1.50. The van der Waals surface area contributed by atoms with Gasteiger partial charge >= 0.3 is 0 Å². The summed E-state index contributed by atoms with van der Waals surface area (Å²) in [6.07, 6.45) is 4.98. The Kier molecular flexibility index (Phi) is 3.94. The van der Waals surface area contributed by atoms with Gasteiger partial charge < -0.3 is 9.97 Å². The van der Waals surface area contributed by atoms with Crippen LogP contribution in [-0.4, -0.2) is 22.5 Å². The minimum Gasteiger partial charge on any atom is -0.359 e. The van der Waals surface area contributed by atoms with Crippen molar-refractivity contribution in [2.24, 2.45) is 0 Å². The average molecular weight is 190 g/mol. The van der Waals surface area contributed by atoms with Crippen LogP contribution < -0.4 is 0 Å². The summed E-state index contributed by atoms with van der Waals surface area (Å²) in [7, 11) is 0. The number of H-pyrrole nitrogens is 2. The van der Waals surface area contributed by atoms with Gasteiger partial charge in [-0.1, -0.05) is 0 Å². The first-order valence-corrected chi connectivity index (χ1v) is 4.04. The Balaban J connectivity index is 0.000000140. The summed E-state index contributed by atoms with van der Waals surface area (Å²) < 4.78 is 0. The molecule has 2 aromatic rings. The number of aldehydes is 2. The maximum absolute atomic E-state index is 9.84. The Morgan fingerprint density at radius 3 is 1.43 bits per heavy atom. The lowest BCUT2D eigenvalue weighted by Gasteiger charge is -1.70. The quantitative estimate of drug-likeness (QED) is 0.707. The molecule has 0 atom stereocenters. The van der Waals surface area contributed by atoms with Crippen molar-refractivity contribution in [3.8, 4) is 0 Å². The van der Waals surface area contributed by atoms with E-state index in [1.807, 2.05) is 0 Å². The summed E-state index contributed by atoms with van der Waals surface area (Å²) in [4.78, 5) is 25.1. The van der Waals surface area contributed by atoms with Gasteiger partial charge in [-0.2, -0.15) is 0 Å². The van der Waals surface area contributed by atoms with Crippen molar-refractivity contribution in [1.82, 2.24) is 9.97 Å². The van der Waals surface area contributed by atoms with Crippen LogP contribution in [0, 0.1) is 0 Å². The van der Waals surface area contributed by atoms with Crippen LogP contribution in [0.25, 0.3) is 0 Å². The fourth-order valence-electron chi connectivity index (χ4n) is 0.835. The third-order valence-corrected chi connectivity index (χ3v) is 1.50.